The molecule has 74 valence electrons. The molecule has 2 unspecified atom stereocenters. The zero-order chi connectivity index (χ0) is 8.84. The summed E-state index contributed by atoms with van der Waals surface area (Å²) in [6.45, 7) is 1.28. The zero-order valence-corrected chi connectivity index (χ0v) is 8.15. The van der Waals surface area contributed by atoms with Gasteiger partial charge in [0.25, 0.3) is 0 Å². The maximum Gasteiger partial charge on any atom is 0.0695 e. The third-order valence-corrected chi connectivity index (χ3v) is 4.32. The molecule has 3 fully saturated rings. The number of hydrogen-bond donors (Lipinski definition) is 1. The van der Waals surface area contributed by atoms with Gasteiger partial charge < -0.3 is 5.11 Å². The van der Waals surface area contributed by atoms with Gasteiger partial charge in [-0.1, -0.05) is 0 Å². The molecule has 13 heavy (non-hydrogen) atoms. The summed E-state index contributed by atoms with van der Waals surface area (Å²) < 4.78 is 0. The minimum Gasteiger partial charge on any atom is -0.391 e. The molecule has 2 saturated carbocycles. The van der Waals surface area contributed by atoms with Gasteiger partial charge in [-0.05, 0) is 44.4 Å². The van der Waals surface area contributed by atoms with Gasteiger partial charge in [0.15, 0.2) is 0 Å². The van der Waals surface area contributed by atoms with Gasteiger partial charge in [-0.15, -0.1) is 0 Å². The van der Waals surface area contributed by atoms with E-state index in [0.29, 0.717) is 6.04 Å². The van der Waals surface area contributed by atoms with E-state index < -0.39 is 0 Å². The van der Waals surface area contributed by atoms with Crippen LogP contribution in [0.1, 0.15) is 38.5 Å². The van der Waals surface area contributed by atoms with E-state index in [9.17, 15) is 5.11 Å². The quantitative estimate of drug-likeness (QED) is 0.660. The second-order valence-electron chi connectivity index (χ2n) is 5.10. The Morgan fingerprint density at radius 2 is 2.00 bits per heavy atom. The zero-order valence-electron chi connectivity index (χ0n) is 8.15. The van der Waals surface area contributed by atoms with Gasteiger partial charge in [0, 0.05) is 18.6 Å². The molecule has 0 radical (unpaired) electrons. The number of hydrogen-bond acceptors (Lipinski definition) is 2. The maximum absolute atomic E-state index is 9.84. The van der Waals surface area contributed by atoms with Crippen LogP contribution in [0.5, 0.6) is 0 Å². The summed E-state index contributed by atoms with van der Waals surface area (Å²) in [5.41, 5.74) is 0. The molecule has 3 rings (SSSR count). The molecule has 0 aromatic heterocycles. The standard InChI is InChI=1S/C11H19NO/c13-11-3-1-2-10(11)12-7-8-4-5-9(12)6-8/h8-11,13H,1-7H2/t8?,9?,10-,11-/m1/s1. The Morgan fingerprint density at radius 1 is 1.08 bits per heavy atom. The molecule has 2 nitrogen and oxygen atoms in total. The Balaban J connectivity index is 1.72. The smallest absolute Gasteiger partial charge is 0.0695 e. The van der Waals surface area contributed by atoms with Crippen LogP contribution in [-0.2, 0) is 0 Å². The molecule has 2 bridgehead atoms. The Kier molecular flexibility index (Phi) is 1.88. The van der Waals surface area contributed by atoms with Crippen LogP contribution in [0.15, 0.2) is 0 Å². The van der Waals surface area contributed by atoms with Crippen molar-refractivity contribution in [2.45, 2.75) is 56.7 Å². The molecule has 0 spiro atoms. The number of nitrogens with zero attached hydrogens (tertiary/aromatic N) is 1. The van der Waals surface area contributed by atoms with Crippen LogP contribution < -0.4 is 0 Å². The molecular weight excluding hydrogens is 162 g/mol. The first-order valence-corrected chi connectivity index (χ1v) is 5.78. The lowest BCUT2D eigenvalue weighted by molar-refractivity contribution is 0.0516. The fraction of sp³-hybridized carbons (Fsp3) is 1.00. The molecule has 0 amide bonds. The van der Waals surface area contributed by atoms with Crippen LogP contribution in [0.4, 0.5) is 0 Å². The summed E-state index contributed by atoms with van der Waals surface area (Å²) in [5.74, 6) is 0.970. The first kappa shape index (κ1) is 8.25. The first-order chi connectivity index (χ1) is 6.34. The molecule has 1 saturated heterocycles. The van der Waals surface area contributed by atoms with E-state index in [-0.39, 0.29) is 6.10 Å². The molecule has 1 aliphatic heterocycles. The summed E-state index contributed by atoms with van der Waals surface area (Å²) in [6, 6.07) is 1.36. The number of fused-ring (bicyclic) bond motifs is 2. The third-order valence-electron chi connectivity index (χ3n) is 4.32. The Hall–Kier alpha value is -0.0800. The largest absolute Gasteiger partial charge is 0.391 e. The van der Waals surface area contributed by atoms with E-state index in [0.717, 1.165) is 18.4 Å². The number of aliphatic hydroxyl groups is 1. The molecule has 1 heterocycles. The molecule has 0 aromatic carbocycles. The monoisotopic (exact) mass is 181 g/mol. The van der Waals surface area contributed by atoms with Crippen LogP contribution in [-0.4, -0.2) is 34.7 Å². The Morgan fingerprint density at radius 3 is 2.54 bits per heavy atom. The average molecular weight is 181 g/mol. The van der Waals surface area contributed by atoms with Gasteiger partial charge in [0.1, 0.15) is 0 Å². The average Bonchev–Trinajstić information content (AvgIpc) is 2.77. The van der Waals surface area contributed by atoms with E-state index in [2.05, 4.69) is 4.90 Å². The minimum absolute atomic E-state index is 0.0145. The second-order valence-corrected chi connectivity index (χ2v) is 5.10. The Labute approximate surface area is 79.9 Å². The van der Waals surface area contributed by atoms with Gasteiger partial charge >= 0.3 is 0 Å². The predicted octanol–water partition coefficient (Wildman–Crippen LogP) is 1.38. The molecule has 1 N–H and O–H groups in total. The number of likely N-dealkylation sites (tertiary alicyclic amines) is 1. The lowest BCUT2D eigenvalue weighted by Crippen LogP contribution is -2.44. The molecule has 0 aromatic rings. The van der Waals surface area contributed by atoms with Gasteiger partial charge in [0.2, 0.25) is 0 Å². The third kappa shape index (κ3) is 1.23. The van der Waals surface area contributed by atoms with Gasteiger partial charge in [0.05, 0.1) is 6.10 Å². The summed E-state index contributed by atoms with van der Waals surface area (Å²) in [4.78, 5) is 2.62. The van der Waals surface area contributed by atoms with E-state index in [4.69, 9.17) is 0 Å². The van der Waals surface area contributed by atoms with E-state index >= 15 is 0 Å². The van der Waals surface area contributed by atoms with Crippen molar-refractivity contribution in [3.63, 3.8) is 0 Å². The summed E-state index contributed by atoms with van der Waals surface area (Å²) in [5, 5.41) is 9.84. The van der Waals surface area contributed by atoms with Crippen molar-refractivity contribution in [2.24, 2.45) is 5.92 Å². The highest BCUT2D eigenvalue weighted by Crippen LogP contribution is 2.41. The predicted molar refractivity (Wildman–Crippen MR) is 51.5 cm³/mol. The summed E-state index contributed by atoms with van der Waals surface area (Å²) in [6.07, 6.45) is 7.77. The van der Waals surface area contributed by atoms with Crippen molar-refractivity contribution in [2.75, 3.05) is 6.54 Å². The highest BCUT2D eigenvalue weighted by Gasteiger charge is 2.43. The normalized spacial score (nSPS) is 50.5. The lowest BCUT2D eigenvalue weighted by atomic mass is 10.1. The van der Waals surface area contributed by atoms with E-state index in [1.54, 1.807) is 0 Å². The summed E-state index contributed by atoms with van der Waals surface area (Å²) in [7, 11) is 0. The molecule has 2 aliphatic carbocycles. The number of rotatable bonds is 1. The lowest BCUT2D eigenvalue weighted by Gasteiger charge is -2.34. The van der Waals surface area contributed by atoms with Crippen molar-refractivity contribution in [3.8, 4) is 0 Å². The molecule has 2 heteroatoms. The van der Waals surface area contributed by atoms with Crippen LogP contribution in [0, 0.1) is 5.92 Å². The fourth-order valence-electron chi connectivity index (χ4n) is 3.68. The Bertz CT molecular complexity index is 206. The highest BCUT2D eigenvalue weighted by atomic mass is 16.3. The van der Waals surface area contributed by atoms with Crippen LogP contribution in [0.2, 0.25) is 0 Å². The van der Waals surface area contributed by atoms with Crippen molar-refractivity contribution >= 4 is 0 Å². The molecular formula is C11H19NO. The number of piperidine rings is 1. The van der Waals surface area contributed by atoms with Crippen LogP contribution in [0.3, 0.4) is 0 Å². The maximum atomic E-state index is 9.84. The van der Waals surface area contributed by atoms with E-state index in [1.165, 1.54) is 38.6 Å². The SMILES string of the molecule is O[C@@H]1CCC[C@H]1N1CC2CCC1C2. The minimum atomic E-state index is -0.0145. The summed E-state index contributed by atoms with van der Waals surface area (Å²) >= 11 is 0. The van der Waals surface area contributed by atoms with E-state index in [1.807, 2.05) is 0 Å². The van der Waals surface area contributed by atoms with Crippen molar-refractivity contribution < 1.29 is 5.11 Å². The van der Waals surface area contributed by atoms with Gasteiger partial charge in [-0.25, -0.2) is 0 Å². The van der Waals surface area contributed by atoms with Crippen LogP contribution >= 0.6 is 0 Å². The van der Waals surface area contributed by atoms with Crippen molar-refractivity contribution in [1.29, 1.82) is 0 Å². The first-order valence-electron chi connectivity index (χ1n) is 5.78. The van der Waals surface area contributed by atoms with Crippen molar-refractivity contribution in [3.05, 3.63) is 0 Å². The van der Waals surface area contributed by atoms with Crippen molar-refractivity contribution in [1.82, 2.24) is 4.90 Å². The van der Waals surface area contributed by atoms with Crippen LogP contribution in [0.25, 0.3) is 0 Å². The highest BCUT2D eigenvalue weighted by molar-refractivity contribution is 4.98. The van der Waals surface area contributed by atoms with Gasteiger partial charge in [-0.3, -0.25) is 4.90 Å². The topological polar surface area (TPSA) is 23.5 Å². The number of aliphatic hydroxyl groups excluding tert-OH is 1. The second kappa shape index (κ2) is 2.96. The van der Waals surface area contributed by atoms with Gasteiger partial charge in [-0.2, -0.15) is 0 Å². The fourth-order valence-corrected chi connectivity index (χ4v) is 3.68. The molecule has 3 aliphatic rings. The molecule has 4 atom stereocenters.